The van der Waals surface area contributed by atoms with Crippen LogP contribution in [0.1, 0.15) is 11.1 Å². The van der Waals surface area contributed by atoms with Gasteiger partial charge in [0, 0.05) is 39.1 Å². The molecule has 0 fully saturated rings. The number of carbonyl (C=O) groups is 2. The molecule has 0 radical (unpaired) electrons. The maximum absolute atomic E-state index is 12.3. The zero-order valence-corrected chi connectivity index (χ0v) is 16.0. The highest BCUT2D eigenvalue weighted by Gasteiger charge is 2.14. The summed E-state index contributed by atoms with van der Waals surface area (Å²) in [5.41, 5.74) is 1.98. The van der Waals surface area contributed by atoms with Gasteiger partial charge in [0.25, 0.3) is 0 Å². The predicted octanol–water partition coefficient (Wildman–Crippen LogP) is 2.26. The molecule has 1 heterocycles. The van der Waals surface area contributed by atoms with Crippen molar-refractivity contribution in [2.24, 2.45) is 0 Å². The van der Waals surface area contributed by atoms with E-state index < -0.39 is 0 Å². The molecule has 0 atom stereocenters. The van der Waals surface area contributed by atoms with Crippen LogP contribution < -0.4 is 4.74 Å². The van der Waals surface area contributed by atoms with Gasteiger partial charge in [-0.15, -0.1) is 0 Å². The fourth-order valence-electron chi connectivity index (χ4n) is 2.41. The Hall–Kier alpha value is -3.15. The number of hydrogen-bond donors (Lipinski definition) is 0. The zero-order chi connectivity index (χ0) is 19.6. The number of carbonyl (C=O) groups excluding carboxylic acids is 2. The maximum atomic E-state index is 12.3. The molecule has 0 saturated carbocycles. The van der Waals surface area contributed by atoms with E-state index >= 15 is 0 Å². The van der Waals surface area contributed by atoms with Crippen LogP contribution in [-0.4, -0.2) is 60.9 Å². The van der Waals surface area contributed by atoms with Gasteiger partial charge in [-0.1, -0.05) is 12.1 Å². The summed E-state index contributed by atoms with van der Waals surface area (Å²) < 4.78 is 5.16. The summed E-state index contributed by atoms with van der Waals surface area (Å²) in [6, 6.07) is 11.3. The smallest absolute Gasteiger partial charge is 0.246 e. The Balaban J connectivity index is 1.83. The van der Waals surface area contributed by atoms with E-state index in [-0.39, 0.29) is 18.4 Å². The lowest BCUT2D eigenvalue weighted by Gasteiger charge is -2.21. The van der Waals surface area contributed by atoms with Gasteiger partial charge in [0.1, 0.15) is 5.75 Å². The minimum Gasteiger partial charge on any atom is -0.497 e. The average molecular weight is 367 g/mol. The minimum atomic E-state index is -0.228. The van der Waals surface area contributed by atoms with Gasteiger partial charge in [-0.25, -0.2) is 0 Å². The fraction of sp³-hybridized carbons (Fsp3) is 0.286. The molecular weight excluding hydrogens is 342 g/mol. The SMILES string of the molecule is COc1cccc(/C=C/C(=O)N(C)CC(=O)N(C)CCc2ccncc2)c1. The number of rotatable bonds is 8. The van der Waals surface area contributed by atoms with E-state index in [4.69, 9.17) is 4.74 Å². The second kappa shape index (κ2) is 10.1. The Morgan fingerprint density at radius 3 is 2.56 bits per heavy atom. The molecule has 0 aliphatic carbocycles. The van der Waals surface area contributed by atoms with Gasteiger partial charge >= 0.3 is 0 Å². The number of amides is 2. The summed E-state index contributed by atoms with van der Waals surface area (Å²) in [6.45, 7) is 0.624. The molecule has 2 rings (SSSR count). The molecule has 2 amide bonds. The first-order valence-electron chi connectivity index (χ1n) is 8.69. The average Bonchev–Trinajstić information content (AvgIpc) is 2.70. The van der Waals surface area contributed by atoms with Gasteiger partial charge in [-0.3, -0.25) is 14.6 Å². The van der Waals surface area contributed by atoms with Crippen molar-refractivity contribution in [3.8, 4) is 5.75 Å². The third-order valence-electron chi connectivity index (χ3n) is 4.17. The third kappa shape index (κ3) is 6.58. The summed E-state index contributed by atoms with van der Waals surface area (Å²) in [5.74, 6) is 0.396. The molecule has 0 N–H and O–H groups in total. The number of likely N-dealkylation sites (N-methyl/N-ethyl adjacent to an activating group) is 2. The largest absolute Gasteiger partial charge is 0.497 e. The van der Waals surface area contributed by atoms with Crippen LogP contribution in [0.4, 0.5) is 0 Å². The summed E-state index contributed by atoms with van der Waals surface area (Å²) in [5, 5.41) is 0. The van der Waals surface area contributed by atoms with Crippen LogP contribution in [0.5, 0.6) is 5.75 Å². The van der Waals surface area contributed by atoms with Crippen LogP contribution in [-0.2, 0) is 16.0 Å². The van der Waals surface area contributed by atoms with Crippen molar-refractivity contribution >= 4 is 17.9 Å². The van der Waals surface area contributed by atoms with E-state index in [1.165, 1.54) is 11.0 Å². The summed E-state index contributed by atoms with van der Waals surface area (Å²) in [4.78, 5) is 31.6. The first-order chi connectivity index (χ1) is 13.0. The molecule has 1 aromatic heterocycles. The second-order valence-electron chi connectivity index (χ2n) is 6.23. The standard InChI is InChI=1S/C21H25N3O3/c1-23(14-11-17-9-12-22-13-10-17)21(26)16-24(2)20(25)8-7-18-5-4-6-19(15-18)27-3/h4-10,12-13,15H,11,14,16H2,1-3H3/b8-7+. The van der Waals surface area contributed by atoms with Crippen molar-refractivity contribution in [3.63, 3.8) is 0 Å². The van der Waals surface area contributed by atoms with Crippen LogP contribution in [0, 0.1) is 0 Å². The van der Waals surface area contributed by atoms with E-state index in [1.54, 1.807) is 44.6 Å². The number of aromatic nitrogens is 1. The molecule has 0 aliphatic rings. The van der Waals surface area contributed by atoms with E-state index in [0.29, 0.717) is 6.54 Å². The Bertz CT molecular complexity index is 790. The fourth-order valence-corrected chi connectivity index (χ4v) is 2.41. The van der Waals surface area contributed by atoms with Gasteiger partial charge in [-0.2, -0.15) is 0 Å². The molecule has 6 nitrogen and oxygen atoms in total. The quantitative estimate of drug-likeness (QED) is 0.672. The lowest BCUT2D eigenvalue weighted by Crippen LogP contribution is -2.39. The molecule has 0 unspecified atom stereocenters. The Kier molecular flexibility index (Phi) is 7.55. The lowest BCUT2D eigenvalue weighted by molar-refractivity contribution is -0.136. The van der Waals surface area contributed by atoms with Gasteiger partial charge in [0.15, 0.2) is 0 Å². The van der Waals surface area contributed by atoms with Crippen LogP contribution in [0.15, 0.2) is 54.9 Å². The predicted molar refractivity (Wildman–Crippen MR) is 105 cm³/mol. The van der Waals surface area contributed by atoms with Gasteiger partial charge < -0.3 is 14.5 Å². The van der Waals surface area contributed by atoms with Crippen LogP contribution in [0.2, 0.25) is 0 Å². The van der Waals surface area contributed by atoms with Crippen molar-refractivity contribution in [2.45, 2.75) is 6.42 Å². The first kappa shape index (κ1) is 20.2. The summed E-state index contributed by atoms with van der Waals surface area (Å²) >= 11 is 0. The normalized spacial score (nSPS) is 10.6. The van der Waals surface area contributed by atoms with Gasteiger partial charge in [0.2, 0.25) is 11.8 Å². The highest BCUT2D eigenvalue weighted by molar-refractivity contribution is 5.94. The van der Waals surface area contributed by atoms with E-state index in [1.807, 2.05) is 36.4 Å². The summed E-state index contributed by atoms with van der Waals surface area (Å²) in [6.07, 6.45) is 7.38. The monoisotopic (exact) mass is 367 g/mol. The van der Waals surface area contributed by atoms with Crippen molar-refractivity contribution in [1.29, 1.82) is 0 Å². The van der Waals surface area contributed by atoms with E-state index in [9.17, 15) is 9.59 Å². The van der Waals surface area contributed by atoms with Crippen LogP contribution in [0.25, 0.3) is 6.08 Å². The molecule has 0 aliphatic heterocycles. The molecule has 1 aromatic carbocycles. The number of nitrogens with zero attached hydrogens (tertiary/aromatic N) is 3. The number of pyridine rings is 1. The molecule has 27 heavy (non-hydrogen) atoms. The first-order valence-corrected chi connectivity index (χ1v) is 8.69. The van der Waals surface area contributed by atoms with Crippen molar-refractivity contribution in [3.05, 3.63) is 66.0 Å². The third-order valence-corrected chi connectivity index (χ3v) is 4.17. The lowest BCUT2D eigenvalue weighted by atomic mass is 10.2. The molecule has 142 valence electrons. The molecule has 6 heteroatoms. The van der Waals surface area contributed by atoms with Crippen molar-refractivity contribution < 1.29 is 14.3 Å². The highest BCUT2D eigenvalue weighted by atomic mass is 16.5. The topological polar surface area (TPSA) is 62.7 Å². The minimum absolute atomic E-state index is 0.0358. The van der Waals surface area contributed by atoms with Gasteiger partial charge in [0.05, 0.1) is 13.7 Å². The molecule has 2 aromatic rings. The number of benzene rings is 1. The van der Waals surface area contributed by atoms with Crippen LogP contribution in [0.3, 0.4) is 0 Å². The maximum Gasteiger partial charge on any atom is 0.246 e. The molecule has 0 spiro atoms. The Labute approximate surface area is 160 Å². The summed E-state index contributed by atoms with van der Waals surface area (Å²) in [7, 11) is 4.96. The van der Waals surface area contributed by atoms with Crippen LogP contribution >= 0.6 is 0 Å². The number of ether oxygens (including phenoxy) is 1. The van der Waals surface area contributed by atoms with Crippen molar-refractivity contribution in [1.82, 2.24) is 14.8 Å². The Morgan fingerprint density at radius 1 is 1.11 bits per heavy atom. The number of hydrogen-bond acceptors (Lipinski definition) is 4. The van der Waals surface area contributed by atoms with E-state index in [0.717, 1.165) is 23.3 Å². The number of methoxy groups -OCH3 is 1. The second-order valence-corrected chi connectivity index (χ2v) is 6.23. The van der Waals surface area contributed by atoms with Crippen molar-refractivity contribution in [2.75, 3.05) is 34.3 Å². The Morgan fingerprint density at radius 2 is 1.85 bits per heavy atom. The highest BCUT2D eigenvalue weighted by Crippen LogP contribution is 2.13. The molecule has 0 saturated heterocycles. The molecule has 0 bridgehead atoms. The molecular formula is C21H25N3O3. The van der Waals surface area contributed by atoms with Gasteiger partial charge in [-0.05, 0) is 47.9 Å². The van der Waals surface area contributed by atoms with E-state index in [2.05, 4.69) is 4.98 Å². The zero-order valence-electron chi connectivity index (χ0n) is 16.0.